The summed E-state index contributed by atoms with van der Waals surface area (Å²) in [6, 6.07) is 4.74. The van der Waals surface area contributed by atoms with Crippen molar-refractivity contribution in [1.82, 2.24) is 0 Å². The fraction of sp³-hybridized carbons (Fsp3) is 0.250. The van der Waals surface area contributed by atoms with Crippen LogP contribution in [0.3, 0.4) is 0 Å². The number of hydrogen-bond acceptors (Lipinski definition) is 4. The summed E-state index contributed by atoms with van der Waals surface area (Å²) in [6.45, 7) is 0. The van der Waals surface area contributed by atoms with E-state index in [1.807, 2.05) is 0 Å². The molecule has 0 saturated carbocycles. The molecule has 1 unspecified atom stereocenters. The molecule has 1 aromatic rings. The Labute approximate surface area is 113 Å². The number of anilines is 1. The van der Waals surface area contributed by atoms with Crippen molar-refractivity contribution in [2.24, 2.45) is 0 Å². The Balaban J connectivity index is 0.00000196. The largest absolute Gasteiger partial charge is 0.755 e. The van der Waals surface area contributed by atoms with Crippen molar-refractivity contribution in [3.8, 4) is 11.5 Å². The van der Waals surface area contributed by atoms with E-state index in [2.05, 4.69) is 4.72 Å². The van der Waals surface area contributed by atoms with Gasteiger partial charge in [-0.2, -0.15) is 0 Å². The third kappa shape index (κ3) is 4.40. The topological polar surface area (TPSA) is 70.6 Å². The van der Waals surface area contributed by atoms with Gasteiger partial charge in [0.2, 0.25) is 0 Å². The fourth-order valence-corrected chi connectivity index (χ4v) is 1.32. The summed E-state index contributed by atoms with van der Waals surface area (Å²) < 4.78 is 32.9. The van der Waals surface area contributed by atoms with E-state index in [1.54, 1.807) is 12.1 Å². The molecule has 0 spiro atoms. The van der Waals surface area contributed by atoms with Crippen molar-refractivity contribution in [2.75, 3.05) is 18.9 Å². The quantitative estimate of drug-likeness (QED) is 0.614. The van der Waals surface area contributed by atoms with Crippen molar-refractivity contribution < 1.29 is 18.2 Å². The van der Waals surface area contributed by atoms with E-state index in [-0.39, 0.29) is 29.6 Å². The first-order valence-electron chi connectivity index (χ1n) is 3.75. The molecule has 0 bridgehead atoms. The first-order valence-corrected chi connectivity index (χ1v) is 4.83. The molecule has 5 nitrogen and oxygen atoms in total. The fourth-order valence-electron chi connectivity index (χ4n) is 0.996. The SMILES string of the molecule is COc1ccc(NS(=O)[O-])cc1OC.[Na]. The van der Waals surface area contributed by atoms with E-state index in [9.17, 15) is 8.76 Å². The molecule has 0 aliphatic carbocycles. The van der Waals surface area contributed by atoms with Crippen LogP contribution in [0.2, 0.25) is 0 Å². The number of nitrogens with one attached hydrogen (secondary N) is 1. The maximum Gasteiger partial charge on any atom is 0.162 e. The van der Waals surface area contributed by atoms with Crippen LogP contribution in [-0.2, 0) is 11.3 Å². The number of hydrogen-bond donors (Lipinski definition) is 1. The molecule has 0 fully saturated rings. The zero-order valence-electron chi connectivity index (χ0n) is 8.77. The molecule has 0 saturated heterocycles. The average Bonchev–Trinajstić information content (AvgIpc) is 2.16. The summed E-state index contributed by atoms with van der Waals surface area (Å²) in [5.41, 5.74) is 0.427. The van der Waals surface area contributed by atoms with E-state index in [4.69, 9.17) is 9.47 Å². The van der Waals surface area contributed by atoms with Crippen LogP contribution in [0, 0.1) is 0 Å². The Kier molecular flexibility index (Phi) is 6.95. The third-order valence-electron chi connectivity index (χ3n) is 1.58. The number of ether oxygens (including phenoxy) is 2. The Hall–Kier alpha value is -0.270. The summed E-state index contributed by atoms with van der Waals surface area (Å²) in [5, 5.41) is 0. The smallest absolute Gasteiger partial charge is 0.162 e. The van der Waals surface area contributed by atoms with Gasteiger partial charge in [-0.1, -0.05) is 0 Å². The molecule has 79 valence electrons. The zero-order valence-corrected chi connectivity index (χ0v) is 11.6. The van der Waals surface area contributed by atoms with Crippen LogP contribution in [0.1, 0.15) is 0 Å². The van der Waals surface area contributed by atoms with E-state index >= 15 is 0 Å². The van der Waals surface area contributed by atoms with Crippen LogP contribution in [0.5, 0.6) is 11.5 Å². The zero-order chi connectivity index (χ0) is 10.6. The maximum atomic E-state index is 10.3. The molecule has 15 heavy (non-hydrogen) atoms. The molecule has 1 aromatic carbocycles. The summed E-state index contributed by atoms with van der Waals surface area (Å²) in [7, 11) is 2.99. The van der Waals surface area contributed by atoms with Crippen molar-refractivity contribution in [3.63, 3.8) is 0 Å². The molecule has 0 aliphatic rings. The van der Waals surface area contributed by atoms with Gasteiger partial charge < -0.3 is 18.7 Å². The Bertz CT molecular complexity index is 347. The first kappa shape index (κ1) is 14.7. The normalized spacial score (nSPS) is 11.1. The van der Waals surface area contributed by atoms with Crippen LogP contribution < -0.4 is 14.2 Å². The summed E-state index contributed by atoms with van der Waals surface area (Å²) >= 11 is -2.33. The first-order chi connectivity index (χ1) is 6.67. The molecule has 1 rings (SSSR count). The minimum Gasteiger partial charge on any atom is -0.755 e. The molecule has 1 N–H and O–H groups in total. The third-order valence-corrected chi connectivity index (χ3v) is 1.99. The van der Waals surface area contributed by atoms with Crippen molar-refractivity contribution >= 4 is 46.5 Å². The number of methoxy groups -OCH3 is 2. The molecular formula is C8H10NNaO4S-. The van der Waals surface area contributed by atoms with Crippen LogP contribution in [0.4, 0.5) is 5.69 Å². The van der Waals surface area contributed by atoms with Gasteiger partial charge in [-0.15, -0.1) is 0 Å². The molecule has 1 radical (unpaired) electrons. The van der Waals surface area contributed by atoms with Crippen molar-refractivity contribution in [3.05, 3.63) is 18.2 Å². The maximum absolute atomic E-state index is 10.3. The number of benzene rings is 1. The van der Waals surface area contributed by atoms with E-state index in [0.29, 0.717) is 17.2 Å². The minimum atomic E-state index is -2.33. The molecule has 0 aromatic heterocycles. The molecule has 1 atom stereocenters. The second kappa shape index (κ2) is 7.08. The second-order valence-corrected chi connectivity index (χ2v) is 3.08. The van der Waals surface area contributed by atoms with Gasteiger partial charge in [0, 0.05) is 52.6 Å². The molecular weight excluding hydrogens is 229 g/mol. The summed E-state index contributed by atoms with van der Waals surface area (Å²) in [4.78, 5) is 0. The van der Waals surface area contributed by atoms with Gasteiger partial charge >= 0.3 is 0 Å². The van der Waals surface area contributed by atoms with Crippen LogP contribution >= 0.6 is 0 Å². The standard InChI is InChI=1S/C8H11NO4S.Na/c1-12-7-4-3-6(9-14(10)11)5-8(7)13-2;/h3-5,9H,1-2H3,(H,10,11);/p-1. The van der Waals surface area contributed by atoms with E-state index in [1.165, 1.54) is 20.3 Å². The van der Waals surface area contributed by atoms with Gasteiger partial charge in [-0.05, 0) is 12.1 Å². The predicted molar refractivity (Wildman–Crippen MR) is 57.8 cm³/mol. The Morgan fingerprint density at radius 2 is 1.87 bits per heavy atom. The minimum absolute atomic E-state index is 0. The molecule has 0 heterocycles. The van der Waals surface area contributed by atoms with Crippen LogP contribution in [0.15, 0.2) is 18.2 Å². The van der Waals surface area contributed by atoms with Gasteiger partial charge in [0.05, 0.1) is 14.2 Å². The average molecular weight is 239 g/mol. The second-order valence-electron chi connectivity index (χ2n) is 2.41. The van der Waals surface area contributed by atoms with Gasteiger partial charge in [-0.25, -0.2) is 0 Å². The van der Waals surface area contributed by atoms with Crippen molar-refractivity contribution in [2.45, 2.75) is 0 Å². The molecule has 7 heteroatoms. The predicted octanol–water partition coefficient (Wildman–Crippen LogP) is 0.529. The Morgan fingerprint density at radius 1 is 1.27 bits per heavy atom. The van der Waals surface area contributed by atoms with Gasteiger partial charge in [0.15, 0.2) is 11.5 Å². The Morgan fingerprint density at radius 3 is 2.33 bits per heavy atom. The van der Waals surface area contributed by atoms with Gasteiger partial charge in [-0.3, -0.25) is 4.21 Å². The van der Waals surface area contributed by atoms with Crippen molar-refractivity contribution in [1.29, 1.82) is 0 Å². The van der Waals surface area contributed by atoms with Crippen LogP contribution in [0.25, 0.3) is 0 Å². The summed E-state index contributed by atoms with van der Waals surface area (Å²) in [5.74, 6) is 1.03. The molecule has 0 aliphatic heterocycles. The molecule has 0 amide bonds. The van der Waals surface area contributed by atoms with E-state index < -0.39 is 11.3 Å². The van der Waals surface area contributed by atoms with Crippen LogP contribution in [-0.4, -0.2) is 52.5 Å². The summed E-state index contributed by atoms with van der Waals surface area (Å²) in [6.07, 6.45) is 0. The van der Waals surface area contributed by atoms with Gasteiger partial charge in [0.1, 0.15) is 0 Å². The van der Waals surface area contributed by atoms with Gasteiger partial charge in [0.25, 0.3) is 0 Å². The van der Waals surface area contributed by atoms with E-state index in [0.717, 1.165) is 0 Å². The number of rotatable bonds is 4. The monoisotopic (exact) mass is 239 g/mol.